The van der Waals surface area contributed by atoms with Crippen LogP contribution in [0.2, 0.25) is 0 Å². The fraction of sp³-hybridized carbons (Fsp3) is 0.150. The van der Waals surface area contributed by atoms with Crippen molar-refractivity contribution in [1.82, 2.24) is 14.8 Å². The molecule has 5 nitrogen and oxygen atoms in total. The van der Waals surface area contributed by atoms with E-state index in [1.54, 1.807) is 11.6 Å². The number of furan rings is 1. The number of aldehydes is 1. The van der Waals surface area contributed by atoms with Crippen LogP contribution in [0.25, 0.3) is 28.2 Å². The van der Waals surface area contributed by atoms with E-state index in [9.17, 15) is 4.79 Å². The number of fused-ring (bicyclic) bond motifs is 1. The summed E-state index contributed by atoms with van der Waals surface area (Å²) in [6.45, 7) is 3.86. The number of benzene rings is 1. The topological polar surface area (TPSA) is 60.9 Å². The maximum Gasteiger partial charge on any atom is 0.154 e. The van der Waals surface area contributed by atoms with Gasteiger partial charge >= 0.3 is 0 Å². The van der Waals surface area contributed by atoms with Gasteiger partial charge in [0.2, 0.25) is 0 Å². The van der Waals surface area contributed by atoms with Crippen molar-refractivity contribution in [3.63, 3.8) is 0 Å². The Kier molecular flexibility index (Phi) is 3.69. The van der Waals surface area contributed by atoms with E-state index in [0.29, 0.717) is 22.7 Å². The largest absolute Gasteiger partial charge is 0.459 e. The van der Waals surface area contributed by atoms with Gasteiger partial charge in [-0.15, -0.1) is 0 Å². The maximum atomic E-state index is 10.9. The number of carbonyl (C=O) groups excluding carboxylic acids is 1. The van der Waals surface area contributed by atoms with Crippen LogP contribution in [0.5, 0.6) is 0 Å². The molecule has 0 amide bonds. The van der Waals surface area contributed by atoms with E-state index in [1.165, 1.54) is 5.56 Å². The summed E-state index contributed by atoms with van der Waals surface area (Å²) in [4.78, 5) is 15.5. The minimum Gasteiger partial charge on any atom is -0.459 e. The highest BCUT2D eigenvalue weighted by Crippen LogP contribution is 2.24. The summed E-state index contributed by atoms with van der Waals surface area (Å²) in [5, 5.41) is 4.62. The predicted molar refractivity (Wildman–Crippen MR) is 95.8 cm³/mol. The van der Waals surface area contributed by atoms with Crippen LogP contribution in [0.15, 0.2) is 59.1 Å². The highest BCUT2D eigenvalue weighted by molar-refractivity contribution is 5.76. The Hall–Kier alpha value is -3.21. The average molecular weight is 331 g/mol. The number of rotatable bonds is 4. The van der Waals surface area contributed by atoms with Gasteiger partial charge in [-0.2, -0.15) is 5.10 Å². The molecule has 1 aromatic carbocycles. The molecule has 0 spiro atoms. The minimum atomic E-state index is -0.282. The molecule has 124 valence electrons. The summed E-state index contributed by atoms with van der Waals surface area (Å²) in [5.41, 5.74) is 4.55. The highest BCUT2D eigenvalue weighted by atomic mass is 16.3. The SMILES string of the molecule is Cc1cccc(-c2ccn(-c3ccc4oc(C(C)C=O)cc4n3)n2)c1. The Morgan fingerprint density at radius 1 is 1.16 bits per heavy atom. The summed E-state index contributed by atoms with van der Waals surface area (Å²) >= 11 is 0. The number of hydrogen-bond acceptors (Lipinski definition) is 4. The zero-order chi connectivity index (χ0) is 17.4. The molecule has 1 unspecified atom stereocenters. The summed E-state index contributed by atoms with van der Waals surface area (Å²) in [6.07, 6.45) is 2.75. The monoisotopic (exact) mass is 331 g/mol. The first-order chi connectivity index (χ1) is 12.1. The Labute approximate surface area is 144 Å². The van der Waals surface area contributed by atoms with E-state index < -0.39 is 0 Å². The summed E-state index contributed by atoms with van der Waals surface area (Å²) in [6, 6.07) is 15.7. The molecule has 0 saturated carbocycles. The van der Waals surface area contributed by atoms with E-state index in [0.717, 1.165) is 17.5 Å². The lowest BCUT2D eigenvalue weighted by atomic mass is 10.1. The molecule has 0 N–H and O–H groups in total. The molecule has 1 atom stereocenters. The fourth-order valence-electron chi connectivity index (χ4n) is 2.76. The molecule has 0 saturated heterocycles. The van der Waals surface area contributed by atoms with Gasteiger partial charge in [-0.1, -0.05) is 23.8 Å². The van der Waals surface area contributed by atoms with Crippen molar-refractivity contribution in [3.8, 4) is 17.1 Å². The molecule has 4 aromatic rings. The first-order valence-electron chi connectivity index (χ1n) is 8.13. The Balaban J connectivity index is 1.71. The van der Waals surface area contributed by atoms with Crippen LogP contribution in [0, 0.1) is 6.92 Å². The number of aryl methyl sites for hydroxylation is 1. The van der Waals surface area contributed by atoms with E-state index in [-0.39, 0.29) is 5.92 Å². The first-order valence-corrected chi connectivity index (χ1v) is 8.13. The normalized spacial score (nSPS) is 12.4. The molecule has 0 aliphatic carbocycles. The number of hydrogen-bond donors (Lipinski definition) is 0. The van der Waals surface area contributed by atoms with Crippen LogP contribution >= 0.6 is 0 Å². The second-order valence-electron chi connectivity index (χ2n) is 6.14. The average Bonchev–Trinajstić information content (AvgIpc) is 3.27. The highest BCUT2D eigenvalue weighted by Gasteiger charge is 2.13. The molecular formula is C20H17N3O2. The minimum absolute atomic E-state index is 0.282. The van der Waals surface area contributed by atoms with Crippen molar-refractivity contribution in [2.75, 3.05) is 0 Å². The van der Waals surface area contributed by atoms with E-state index in [4.69, 9.17) is 4.42 Å². The van der Waals surface area contributed by atoms with Crippen molar-refractivity contribution < 1.29 is 9.21 Å². The number of nitrogens with zero attached hydrogens (tertiary/aromatic N) is 3. The van der Waals surface area contributed by atoms with Crippen molar-refractivity contribution >= 4 is 17.4 Å². The predicted octanol–water partition coefficient (Wildman–Crippen LogP) is 4.29. The molecule has 25 heavy (non-hydrogen) atoms. The zero-order valence-corrected chi connectivity index (χ0v) is 14.0. The summed E-state index contributed by atoms with van der Waals surface area (Å²) in [5.74, 6) is 1.04. The van der Waals surface area contributed by atoms with Crippen LogP contribution in [0.4, 0.5) is 0 Å². The summed E-state index contributed by atoms with van der Waals surface area (Å²) < 4.78 is 7.42. The Morgan fingerprint density at radius 3 is 2.84 bits per heavy atom. The van der Waals surface area contributed by atoms with E-state index in [2.05, 4.69) is 29.1 Å². The molecule has 3 aromatic heterocycles. The Morgan fingerprint density at radius 2 is 2.04 bits per heavy atom. The quantitative estimate of drug-likeness (QED) is 0.523. The lowest BCUT2D eigenvalue weighted by Crippen LogP contribution is -1.97. The second-order valence-corrected chi connectivity index (χ2v) is 6.14. The molecule has 0 bridgehead atoms. The molecule has 5 heteroatoms. The first kappa shape index (κ1) is 15.3. The number of carbonyl (C=O) groups is 1. The smallest absolute Gasteiger partial charge is 0.154 e. The molecule has 0 fully saturated rings. The van der Waals surface area contributed by atoms with Crippen LogP contribution in [0.1, 0.15) is 24.2 Å². The van der Waals surface area contributed by atoms with Crippen LogP contribution in [0.3, 0.4) is 0 Å². The van der Waals surface area contributed by atoms with Gasteiger partial charge in [0.1, 0.15) is 17.6 Å². The van der Waals surface area contributed by atoms with Crippen LogP contribution in [-0.2, 0) is 4.79 Å². The van der Waals surface area contributed by atoms with Crippen molar-refractivity contribution in [2.45, 2.75) is 19.8 Å². The van der Waals surface area contributed by atoms with E-state index in [1.807, 2.05) is 42.6 Å². The third-order valence-corrected chi connectivity index (χ3v) is 4.17. The fourth-order valence-corrected chi connectivity index (χ4v) is 2.76. The Bertz CT molecular complexity index is 1060. The molecule has 4 rings (SSSR count). The second kappa shape index (κ2) is 6.02. The number of pyridine rings is 1. The number of aromatic nitrogens is 3. The van der Waals surface area contributed by atoms with E-state index >= 15 is 0 Å². The third kappa shape index (κ3) is 2.85. The molecule has 0 radical (unpaired) electrons. The van der Waals surface area contributed by atoms with Crippen LogP contribution in [-0.4, -0.2) is 21.1 Å². The van der Waals surface area contributed by atoms with Crippen molar-refractivity contribution in [1.29, 1.82) is 0 Å². The molecule has 0 aliphatic heterocycles. The van der Waals surface area contributed by atoms with Gasteiger partial charge in [-0.25, -0.2) is 9.67 Å². The van der Waals surface area contributed by atoms with Crippen molar-refractivity contribution in [3.05, 3.63) is 66.1 Å². The van der Waals surface area contributed by atoms with Gasteiger partial charge in [0.15, 0.2) is 11.4 Å². The zero-order valence-electron chi connectivity index (χ0n) is 14.0. The molecular weight excluding hydrogens is 314 g/mol. The molecule has 0 aliphatic rings. The lowest BCUT2D eigenvalue weighted by Gasteiger charge is -2.01. The van der Waals surface area contributed by atoms with Gasteiger partial charge in [0.25, 0.3) is 0 Å². The van der Waals surface area contributed by atoms with Crippen molar-refractivity contribution in [2.24, 2.45) is 0 Å². The van der Waals surface area contributed by atoms with Gasteiger partial charge < -0.3 is 9.21 Å². The third-order valence-electron chi connectivity index (χ3n) is 4.17. The van der Waals surface area contributed by atoms with Crippen LogP contribution < -0.4 is 0 Å². The summed E-state index contributed by atoms with van der Waals surface area (Å²) in [7, 11) is 0. The molecule has 3 heterocycles. The lowest BCUT2D eigenvalue weighted by molar-refractivity contribution is -0.109. The van der Waals surface area contributed by atoms with Gasteiger partial charge in [0.05, 0.1) is 11.6 Å². The maximum absolute atomic E-state index is 10.9. The van der Waals surface area contributed by atoms with Gasteiger partial charge in [-0.05, 0) is 38.1 Å². The van der Waals surface area contributed by atoms with Gasteiger partial charge in [0, 0.05) is 17.8 Å². The standard InChI is InChI=1S/C20H17N3O2/c1-13-4-3-5-15(10-13)16-8-9-23(22-16)20-7-6-18-17(21-20)11-19(25-18)14(2)12-24/h3-12,14H,1-2H3. The van der Waals surface area contributed by atoms with Gasteiger partial charge in [-0.3, -0.25) is 0 Å².